The van der Waals surface area contributed by atoms with Crippen LogP contribution in [0.1, 0.15) is 39.0 Å². The predicted octanol–water partition coefficient (Wildman–Crippen LogP) is 1.98. The van der Waals surface area contributed by atoms with Crippen molar-refractivity contribution in [2.45, 2.75) is 56.4 Å². The van der Waals surface area contributed by atoms with Crippen molar-refractivity contribution in [2.24, 2.45) is 5.92 Å². The molecule has 4 atom stereocenters. The van der Waals surface area contributed by atoms with E-state index in [2.05, 4.69) is 0 Å². The molecule has 0 unspecified atom stereocenters. The first-order valence-corrected chi connectivity index (χ1v) is 7.92. The Kier molecular flexibility index (Phi) is 4.20. The van der Waals surface area contributed by atoms with Crippen molar-refractivity contribution in [3.63, 3.8) is 0 Å². The summed E-state index contributed by atoms with van der Waals surface area (Å²) in [6.45, 7) is 1.86. The summed E-state index contributed by atoms with van der Waals surface area (Å²) in [4.78, 5) is 25.4. The maximum Gasteiger partial charge on any atom is 0.326 e. The number of carbonyl (C=O) groups excluding carboxylic acids is 1. The standard InChI is InChI=1S/C13H21NO3S/c1-8(18-2)12(15)14-10-6-4-3-5-9(10)7-11(14)13(16)17/h8-11H,3-7H2,1-2H3,(H,16,17)/t8-,9-,10-,11+/m1/s1. The van der Waals surface area contributed by atoms with Crippen LogP contribution < -0.4 is 0 Å². The number of hydrogen-bond acceptors (Lipinski definition) is 3. The van der Waals surface area contributed by atoms with Gasteiger partial charge in [-0.1, -0.05) is 12.8 Å². The average molecular weight is 271 g/mol. The van der Waals surface area contributed by atoms with E-state index in [9.17, 15) is 14.7 Å². The topological polar surface area (TPSA) is 57.6 Å². The SMILES string of the molecule is CS[C@H](C)C(=O)N1[C@@H]2CCCC[C@@H]2C[C@H]1C(=O)O. The fourth-order valence-corrected chi connectivity index (χ4v) is 3.63. The maximum absolute atomic E-state index is 12.4. The van der Waals surface area contributed by atoms with Gasteiger partial charge in [0.1, 0.15) is 6.04 Å². The Morgan fingerprint density at radius 2 is 2.00 bits per heavy atom. The third-order valence-electron chi connectivity index (χ3n) is 4.33. The van der Waals surface area contributed by atoms with Gasteiger partial charge in [0.05, 0.1) is 5.25 Å². The Morgan fingerprint density at radius 3 is 2.61 bits per heavy atom. The second kappa shape index (κ2) is 5.51. The van der Waals surface area contributed by atoms with E-state index in [0.717, 1.165) is 19.3 Å². The molecule has 1 amide bonds. The highest BCUT2D eigenvalue weighted by Gasteiger charge is 2.48. The minimum atomic E-state index is -0.842. The zero-order chi connectivity index (χ0) is 13.3. The van der Waals surface area contributed by atoms with Crippen molar-refractivity contribution in [1.29, 1.82) is 0 Å². The molecule has 1 aliphatic carbocycles. The van der Waals surface area contributed by atoms with Crippen molar-refractivity contribution in [3.8, 4) is 0 Å². The van der Waals surface area contributed by atoms with Gasteiger partial charge in [0.25, 0.3) is 0 Å². The molecule has 102 valence electrons. The molecule has 1 heterocycles. The molecule has 18 heavy (non-hydrogen) atoms. The number of carbonyl (C=O) groups is 2. The summed E-state index contributed by atoms with van der Waals surface area (Å²) in [5.74, 6) is -0.437. The van der Waals surface area contributed by atoms with Gasteiger partial charge in [-0.3, -0.25) is 4.79 Å². The molecule has 1 N–H and O–H groups in total. The van der Waals surface area contributed by atoms with Gasteiger partial charge in [-0.2, -0.15) is 11.8 Å². The van der Waals surface area contributed by atoms with Gasteiger partial charge in [0.15, 0.2) is 0 Å². The van der Waals surface area contributed by atoms with Gasteiger partial charge < -0.3 is 10.0 Å². The van der Waals surface area contributed by atoms with Crippen molar-refractivity contribution < 1.29 is 14.7 Å². The molecule has 4 nitrogen and oxygen atoms in total. The van der Waals surface area contributed by atoms with Crippen LogP contribution in [0.15, 0.2) is 0 Å². The van der Waals surface area contributed by atoms with Crippen LogP contribution in [-0.2, 0) is 9.59 Å². The Hall–Kier alpha value is -0.710. The zero-order valence-corrected chi connectivity index (χ0v) is 11.8. The second-order valence-corrected chi connectivity index (χ2v) is 6.50. The first kappa shape index (κ1) is 13.7. The number of hydrogen-bond donors (Lipinski definition) is 1. The van der Waals surface area contributed by atoms with Gasteiger partial charge in [-0.15, -0.1) is 0 Å². The number of nitrogens with zero attached hydrogens (tertiary/aromatic N) is 1. The van der Waals surface area contributed by atoms with Crippen LogP contribution in [0, 0.1) is 5.92 Å². The van der Waals surface area contributed by atoms with E-state index < -0.39 is 12.0 Å². The highest BCUT2D eigenvalue weighted by atomic mass is 32.2. The van der Waals surface area contributed by atoms with Crippen molar-refractivity contribution >= 4 is 23.6 Å². The summed E-state index contributed by atoms with van der Waals surface area (Å²) in [6.07, 6.45) is 6.88. The summed E-state index contributed by atoms with van der Waals surface area (Å²) < 4.78 is 0. The number of fused-ring (bicyclic) bond motifs is 1. The monoisotopic (exact) mass is 271 g/mol. The molecule has 0 aromatic carbocycles. The number of amides is 1. The Labute approximate surface area is 112 Å². The highest BCUT2D eigenvalue weighted by molar-refractivity contribution is 7.99. The third-order valence-corrected chi connectivity index (χ3v) is 5.24. The van der Waals surface area contributed by atoms with Crippen LogP contribution in [-0.4, -0.2) is 45.5 Å². The smallest absolute Gasteiger partial charge is 0.326 e. The maximum atomic E-state index is 12.4. The quantitative estimate of drug-likeness (QED) is 0.852. The summed E-state index contributed by atoms with van der Waals surface area (Å²) >= 11 is 1.49. The predicted molar refractivity (Wildman–Crippen MR) is 71.6 cm³/mol. The van der Waals surface area contributed by atoms with Crippen LogP contribution in [0.25, 0.3) is 0 Å². The van der Waals surface area contributed by atoms with E-state index in [1.807, 2.05) is 13.2 Å². The van der Waals surface area contributed by atoms with Crippen LogP contribution in [0.4, 0.5) is 0 Å². The van der Waals surface area contributed by atoms with Gasteiger partial charge in [0, 0.05) is 6.04 Å². The number of aliphatic carboxylic acids is 1. The zero-order valence-electron chi connectivity index (χ0n) is 11.0. The van der Waals surface area contributed by atoms with Crippen LogP contribution >= 0.6 is 11.8 Å². The van der Waals surface area contributed by atoms with Crippen molar-refractivity contribution in [3.05, 3.63) is 0 Å². The van der Waals surface area contributed by atoms with E-state index in [0.29, 0.717) is 12.3 Å². The molecule has 0 radical (unpaired) electrons. The molecule has 0 aromatic heterocycles. The first-order chi connectivity index (χ1) is 8.56. The Balaban J connectivity index is 2.21. The molecular weight excluding hydrogens is 250 g/mol. The molecule has 0 aromatic rings. The van der Waals surface area contributed by atoms with Crippen LogP contribution in [0.3, 0.4) is 0 Å². The molecule has 2 aliphatic rings. The second-order valence-electron chi connectivity index (χ2n) is 5.33. The van der Waals surface area contributed by atoms with Gasteiger partial charge in [0.2, 0.25) is 5.91 Å². The molecule has 0 bridgehead atoms. The summed E-state index contributed by atoms with van der Waals surface area (Å²) in [7, 11) is 0. The molecular formula is C13H21NO3S. The van der Waals surface area contributed by atoms with Gasteiger partial charge >= 0.3 is 5.97 Å². The summed E-state index contributed by atoms with van der Waals surface area (Å²) in [6, 6.07) is -0.429. The molecule has 1 saturated heterocycles. The van der Waals surface area contributed by atoms with Gasteiger partial charge in [-0.05, 0) is 38.4 Å². The molecule has 2 fully saturated rings. The Morgan fingerprint density at radius 1 is 1.33 bits per heavy atom. The first-order valence-electron chi connectivity index (χ1n) is 6.64. The van der Waals surface area contributed by atoms with Crippen LogP contribution in [0.5, 0.6) is 0 Å². The van der Waals surface area contributed by atoms with E-state index in [-0.39, 0.29) is 17.2 Å². The minimum absolute atomic E-state index is 0.00398. The highest BCUT2D eigenvalue weighted by Crippen LogP contribution is 2.40. The third kappa shape index (κ3) is 2.37. The van der Waals surface area contributed by atoms with E-state index >= 15 is 0 Å². The lowest BCUT2D eigenvalue weighted by atomic mass is 9.84. The summed E-state index contributed by atoms with van der Waals surface area (Å²) in [5.41, 5.74) is 0. The molecule has 2 rings (SSSR count). The molecule has 1 saturated carbocycles. The number of likely N-dealkylation sites (tertiary alicyclic amines) is 1. The fourth-order valence-electron chi connectivity index (χ4n) is 3.31. The van der Waals surface area contributed by atoms with Crippen LogP contribution in [0.2, 0.25) is 0 Å². The molecule has 1 aliphatic heterocycles. The van der Waals surface area contributed by atoms with E-state index in [1.54, 1.807) is 4.90 Å². The lowest BCUT2D eigenvalue weighted by Crippen LogP contribution is -2.49. The average Bonchev–Trinajstić information content (AvgIpc) is 2.76. The number of carboxylic acids is 1. The number of carboxylic acid groups (broad SMARTS) is 1. The van der Waals surface area contributed by atoms with E-state index in [4.69, 9.17) is 0 Å². The minimum Gasteiger partial charge on any atom is -0.480 e. The normalized spacial score (nSPS) is 33.0. The summed E-state index contributed by atoms with van der Waals surface area (Å²) in [5, 5.41) is 9.19. The Bertz CT molecular complexity index is 347. The molecule has 0 spiro atoms. The largest absolute Gasteiger partial charge is 0.480 e. The van der Waals surface area contributed by atoms with Crippen molar-refractivity contribution in [2.75, 3.05) is 6.26 Å². The van der Waals surface area contributed by atoms with Crippen molar-refractivity contribution in [1.82, 2.24) is 4.90 Å². The van der Waals surface area contributed by atoms with E-state index in [1.165, 1.54) is 18.2 Å². The number of thioether (sulfide) groups is 1. The van der Waals surface area contributed by atoms with Gasteiger partial charge in [-0.25, -0.2) is 4.79 Å². The fraction of sp³-hybridized carbons (Fsp3) is 0.846. The molecule has 5 heteroatoms. The number of rotatable bonds is 3. The lowest BCUT2D eigenvalue weighted by Gasteiger charge is -2.34. The lowest BCUT2D eigenvalue weighted by molar-refractivity contribution is -0.149.